The Morgan fingerprint density at radius 2 is 2.00 bits per heavy atom. The van der Waals surface area contributed by atoms with E-state index in [0.29, 0.717) is 12.5 Å². The minimum Gasteiger partial charge on any atom is -0.302 e. The smallest absolute Gasteiger partial charge is 0.143 e. The summed E-state index contributed by atoms with van der Waals surface area (Å²) in [4.78, 5) is 14.3. The van der Waals surface area contributed by atoms with Crippen molar-refractivity contribution in [1.82, 2.24) is 4.90 Å². The van der Waals surface area contributed by atoms with Gasteiger partial charge in [-0.15, -0.1) is 0 Å². The van der Waals surface area contributed by atoms with Crippen molar-refractivity contribution in [2.45, 2.75) is 31.7 Å². The summed E-state index contributed by atoms with van der Waals surface area (Å²) in [5.41, 5.74) is 0.929. The second-order valence-corrected chi connectivity index (χ2v) is 4.78. The summed E-state index contributed by atoms with van der Waals surface area (Å²) in [6.45, 7) is 2.84. The lowest BCUT2D eigenvalue weighted by atomic mass is 9.86. The maximum Gasteiger partial charge on any atom is 0.143 e. The predicted molar refractivity (Wildman–Crippen MR) is 65.5 cm³/mol. The molecular formula is C14H18FNO. The number of halogens is 1. The quantitative estimate of drug-likeness (QED) is 0.785. The van der Waals surface area contributed by atoms with Gasteiger partial charge in [-0.3, -0.25) is 4.79 Å². The largest absolute Gasteiger partial charge is 0.302 e. The van der Waals surface area contributed by atoms with Crippen molar-refractivity contribution in [2.24, 2.45) is 0 Å². The molecule has 2 nitrogen and oxygen atoms in total. The Bertz CT molecular complexity index is 401. The van der Waals surface area contributed by atoms with E-state index in [9.17, 15) is 9.18 Å². The van der Waals surface area contributed by atoms with Crippen LogP contribution in [-0.2, 0) is 4.79 Å². The van der Waals surface area contributed by atoms with Gasteiger partial charge < -0.3 is 4.90 Å². The molecule has 1 saturated heterocycles. The Morgan fingerprint density at radius 1 is 1.35 bits per heavy atom. The minimum atomic E-state index is -0.253. The molecule has 0 aliphatic carbocycles. The molecule has 3 heteroatoms. The second kappa shape index (κ2) is 4.96. The number of ketones is 1. The zero-order valence-corrected chi connectivity index (χ0v) is 10.3. The van der Waals surface area contributed by atoms with E-state index >= 15 is 0 Å². The summed E-state index contributed by atoms with van der Waals surface area (Å²) >= 11 is 0. The van der Waals surface area contributed by atoms with E-state index in [1.54, 1.807) is 12.1 Å². The van der Waals surface area contributed by atoms with Crippen LogP contribution in [0.4, 0.5) is 4.39 Å². The highest BCUT2D eigenvalue weighted by molar-refractivity contribution is 5.87. The van der Waals surface area contributed by atoms with Crippen LogP contribution in [0, 0.1) is 5.82 Å². The fourth-order valence-corrected chi connectivity index (χ4v) is 2.51. The zero-order chi connectivity index (χ0) is 12.4. The zero-order valence-electron chi connectivity index (χ0n) is 10.3. The number of Topliss-reactive ketones (excluding diaryl/α,β-unsaturated/α-hetero) is 1. The summed E-state index contributed by atoms with van der Waals surface area (Å²) < 4.78 is 12.8. The molecule has 0 N–H and O–H groups in total. The van der Waals surface area contributed by atoms with Gasteiger partial charge in [0.25, 0.3) is 0 Å². The van der Waals surface area contributed by atoms with Crippen LogP contribution >= 0.6 is 0 Å². The van der Waals surface area contributed by atoms with Gasteiger partial charge in [-0.05, 0) is 31.2 Å². The van der Waals surface area contributed by atoms with Gasteiger partial charge in [-0.1, -0.05) is 19.1 Å². The van der Waals surface area contributed by atoms with Crippen LogP contribution in [0.3, 0.4) is 0 Å². The maximum absolute atomic E-state index is 12.8. The lowest BCUT2D eigenvalue weighted by molar-refractivity contribution is -0.124. The number of nitrogens with zero attached hydrogens (tertiary/aromatic N) is 1. The number of carbonyl (C=O) groups excluding carboxylic acids is 1. The molecule has 1 aromatic carbocycles. The number of piperidine rings is 1. The Morgan fingerprint density at radius 3 is 2.59 bits per heavy atom. The first-order valence-corrected chi connectivity index (χ1v) is 6.10. The number of hydrogen-bond donors (Lipinski definition) is 0. The summed E-state index contributed by atoms with van der Waals surface area (Å²) in [7, 11) is 2.05. The average Bonchev–Trinajstić information content (AvgIpc) is 2.33. The monoisotopic (exact) mass is 235 g/mol. The molecule has 0 bridgehead atoms. The lowest BCUT2D eigenvalue weighted by Gasteiger charge is -2.35. The molecule has 1 aliphatic heterocycles. The van der Waals surface area contributed by atoms with Crippen molar-refractivity contribution < 1.29 is 9.18 Å². The molecule has 0 radical (unpaired) electrons. The Kier molecular flexibility index (Phi) is 3.57. The number of likely N-dealkylation sites (tertiary alicyclic amines) is 1. The van der Waals surface area contributed by atoms with Crippen molar-refractivity contribution in [3.8, 4) is 0 Å². The van der Waals surface area contributed by atoms with E-state index in [2.05, 4.69) is 18.9 Å². The molecular weight excluding hydrogens is 217 g/mol. The fourth-order valence-electron chi connectivity index (χ4n) is 2.51. The van der Waals surface area contributed by atoms with E-state index < -0.39 is 0 Å². The Balaban J connectivity index is 2.17. The first-order chi connectivity index (χ1) is 8.11. The van der Waals surface area contributed by atoms with Gasteiger partial charge in [-0.2, -0.15) is 0 Å². The van der Waals surface area contributed by atoms with E-state index in [1.165, 1.54) is 12.1 Å². The first kappa shape index (κ1) is 12.2. The number of rotatable bonds is 2. The molecule has 2 atom stereocenters. The summed E-state index contributed by atoms with van der Waals surface area (Å²) in [6, 6.07) is 6.65. The van der Waals surface area contributed by atoms with Crippen molar-refractivity contribution in [3.63, 3.8) is 0 Å². The molecule has 17 heavy (non-hydrogen) atoms. The van der Waals surface area contributed by atoms with E-state index in [0.717, 1.165) is 18.5 Å². The van der Waals surface area contributed by atoms with Crippen molar-refractivity contribution in [3.05, 3.63) is 35.6 Å². The highest BCUT2D eigenvalue weighted by Crippen LogP contribution is 2.27. The standard InChI is InChI=1S/C14H18FNO/c1-3-12-8-14(17)13(9-16(12)2)10-4-6-11(15)7-5-10/h4-7,12-13H,3,8-9H2,1-2H3. The van der Waals surface area contributed by atoms with Gasteiger partial charge in [0.15, 0.2) is 0 Å². The molecule has 1 aliphatic rings. The van der Waals surface area contributed by atoms with Gasteiger partial charge in [0, 0.05) is 19.0 Å². The fraction of sp³-hybridized carbons (Fsp3) is 0.500. The molecule has 0 saturated carbocycles. The molecule has 92 valence electrons. The molecule has 1 heterocycles. The van der Waals surface area contributed by atoms with Crippen molar-refractivity contribution in [2.75, 3.05) is 13.6 Å². The molecule has 0 aromatic heterocycles. The lowest BCUT2D eigenvalue weighted by Crippen LogP contribution is -2.44. The summed E-state index contributed by atoms with van der Waals surface area (Å²) in [5.74, 6) is -0.0678. The van der Waals surface area contributed by atoms with Crippen LogP contribution in [0.2, 0.25) is 0 Å². The molecule has 2 rings (SSSR count). The molecule has 1 fully saturated rings. The Hall–Kier alpha value is -1.22. The van der Waals surface area contributed by atoms with Crippen LogP contribution in [0.15, 0.2) is 24.3 Å². The second-order valence-electron chi connectivity index (χ2n) is 4.78. The third kappa shape index (κ3) is 2.55. The van der Waals surface area contributed by atoms with E-state index in [4.69, 9.17) is 0 Å². The molecule has 0 spiro atoms. The van der Waals surface area contributed by atoms with Crippen molar-refractivity contribution in [1.29, 1.82) is 0 Å². The SMILES string of the molecule is CCC1CC(=O)C(c2ccc(F)cc2)CN1C. The molecule has 1 aromatic rings. The average molecular weight is 235 g/mol. The predicted octanol–water partition coefficient (Wildman–Crippen LogP) is 2.59. The summed E-state index contributed by atoms with van der Waals surface area (Å²) in [5, 5.41) is 0. The van der Waals surface area contributed by atoms with Gasteiger partial charge in [-0.25, -0.2) is 4.39 Å². The van der Waals surface area contributed by atoms with Crippen LogP contribution in [0.1, 0.15) is 31.2 Å². The number of hydrogen-bond acceptors (Lipinski definition) is 2. The van der Waals surface area contributed by atoms with Gasteiger partial charge in [0.1, 0.15) is 11.6 Å². The van der Waals surface area contributed by atoms with Crippen LogP contribution in [0.25, 0.3) is 0 Å². The first-order valence-electron chi connectivity index (χ1n) is 6.10. The normalized spacial score (nSPS) is 26.2. The minimum absolute atomic E-state index is 0.0941. The third-order valence-corrected chi connectivity index (χ3v) is 3.66. The van der Waals surface area contributed by atoms with E-state index in [1.807, 2.05) is 0 Å². The van der Waals surface area contributed by atoms with Gasteiger partial charge >= 0.3 is 0 Å². The highest BCUT2D eigenvalue weighted by Gasteiger charge is 2.32. The number of carbonyl (C=O) groups is 1. The third-order valence-electron chi connectivity index (χ3n) is 3.66. The topological polar surface area (TPSA) is 20.3 Å². The number of likely N-dealkylation sites (N-methyl/N-ethyl adjacent to an activating group) is 1. The van der Waals surface area contributed by atoms with E-state index in [-0.39, 0.29) is 17.5 Å². The van der Waals surface area contributed by atoms with Gasteiger partial charge in [0.2, 0.25) is 0 Å². The van der Waals surface area contributed by atoms with Crippen LogP contribution in [0.5, 0.6) is 0 Å². The Labute approximate surface area is 101 Å². The number of benzene rings is 1. The molecule has 0 amide bonds. The van der Waals surface area contributed by atoms with Crippen LogP contribution in [-0.4, -0.2) is 30.3 Å². The maximum atomic E-state index is 12.8. The molecule has 2 unspecified atom stereocenters. The highest BCUT2D eigenvalue weighted by atomic mass is 19.1. The van der Waals surface area contributed by atoms with Crippen molar-refractivity contribution >= 4 is 5.78 Å². The van der Waals surface area contributed by atoms with Crippen LogP contribution < -0.4 is 0 Å². The van der Waals surface area contributed by atoms with Gasteiger partial charge in [0.05, 0.1) is 5.92 Å². The summed E-state index contributed by atoms with van der Waals surface area (Å²) in [6.07, 6.45) is 1.60.